The first kappa shape index (κ1) is 19.3. The molecule has 3 aromatic rings. The number of nitrogens with one attached hydrogen (secondary N) is 2. The van der Waals surface area contributed by atoms with Crippen LogP contribution >= 0.6 is 11.3 Å². The van der Waals surface area contributed by atoms with Crippen LogP contribution in [0.4, 0.5) is 14.3 Å². The standard InChI is InChI=1S/C21H21FN4O2S/c22-16-7-5-14(6-8-16)13-23-19(27)15-9-11-26(12-10-15)21(28)25-20-24-17-3-1-2-4-18(17)29-20/h1-8,15H,9-13H2,(H,23,27)(H,24,25,28). The number of para-hydroxylation sites is 1. The number of anilines is 1. The molecule has 3 amide bonds. The molecule has 1 fully saturated rings. The van der Waals surface area contributed by atoms with Crippen LogP contribution in [0.2, 0.25) is 0 Å². The zero-order chi connectivity index (χ0) is 20.2. The molecule has 1 aliphatic heterocycles. The molecule has 0 saturated carbocycles. The topological polar surface area (TPSA) is 74.3 Å². The molecule has 8 heteroatoms. The van der Waals surface area contributed by atoms with Crippen molar-refractivity contribution in [2.24, 2.45) is 5.92 Å². The Bertz CT molecular complexity index is 980. The minimum atomic E-state index is -0.295. The molecule has 0 spiro atoms. The van der Waals surface area contributed by atoms with E-state index >= 15 is 0 Å². The first-order chi connectivity index (χ1) is 14.1. The van der Waals surface area contributed by atoms with Gasteiger partial charge in [0.2, 0.25) is 5.91 Å². The van der Waals surface area contributed by atoms with E-state index in [1.807, 2.05) is 24.3 Å². The minimum Gasteiger partial charge on any atom is -0.352 e. The second-order valence-electron chi connectivity index (χ2n) is 7.02. The molecule has 1 aliphatic rings. The number of carbonyl (C=O) groups excluding carboxylic acids is 2. The van der Waals surface area contributed by atoms with Crippen molar-refractivity contribution in [2.75, 3.05) is 18.4 Å². The lowest BCUT2D eigenvalue weighted by Crippen LogP contribution is -2.44. The van der Waals surface area contributed by atoms with Gasteiger partial charge in [0.1, 0.15) is 5.82 Å². The number of likely N-dealkylation sites (tertiary alicyclic amines) is 1. The van der Waals surface area contributed by atoms with Crippen molar-refractivity contribution < 1.29 is 14.0 Å². The average molecular weight is 412 g/mol. The van der Waals surface area contributed by atoms with Crippen LogP contribution in [0.3, 0.4) is 0 Å². The number of halogens is 1. The lowest BCUT2D eigenvalue weighted by Gasteiger charge is -2.31. The Hall–Kier alpha value is -3.00. The van der Waals surface area contributed by atoms with Gasteiger partial charge < -0.3 is 10.2 Å². The molecule has 2 aromatic carbocycles. The zero-order valence-corrected chi connectivity index (χ0v) is 16.5. The predicted molar refractivity (Wildman–Crippen MR) is 111 cm³/mol. The fourth-order valence-corrected chi connectivity index (χ4v) is 4.23. The molecule has 0 unspecified atom stereocenters. The van der Waals surface area contributed by atoms with Crippen LogP contribution in [0.25, 0.3) is 10.2 Å². The van der Waals surface area contributed by atoms with Gasteiger partial charge in [-0.3, -0.25) is 10.1 Å². The second kappa shape index (κ2) is 8.57. The van der Waals surface area contributed by atoms with Crippen LogP contribution in [0.1, 0.15) is 18.4 Å². The lowest BCUT2D eigenvalue weighted by atomic mass is 9.96. The Kier molecular flexibility index (Phi) is 5.71. The van der Waals surface area contributed by atoms with Gasteiger partial charge in [-0.2, -0.15) is 0 Å². The fraction of sp³-hybridized carbons (Fsp3) is 0.286. The number of benzene rings is 2. The summed E-state index contributed by atoms with van der Waals surface area (Å²) >= 11 is 1.44. The van der Waals surface area contributed by atoms with Crippen molar-refractivity contribution in [3.8, 4) is 0 Å². The van der Waals surface area contributed by atoms with Gasteiger partial charge in [-0.1, -0.05) is 35.6 Å². The number of carbonyl (C=O) groups is 2. The number of fused-ring (bicyclic) bond motifs is 1. The summed E-state index contributed by atoms with van der Waals surface area (Å²) in [7, 11) is 0. The summed E-state index contributed by atoms with van der Waals surface area (Å²) in [4.78, 5) is 31.0. The molecule has 1 aromatic heterocycles. The molecule has 1 saturated heterocycles. The van der Waals surface area contributed by atoms with Crippen LogP contribution in [-0.4, -0.2) is 34.9 Å². The lowest BCUT2D eigenvalue weighted by molar-refractivity contribution is -0.126. The van der Waals surface area contributed by atoms with Crippen molar-refractivity contribution in [1.82, 2.24) is 15.2 Å². The van der Waals surface area contributed by atoms with Crippen molar-refractivity contribution in [3.05, 3.63) is 59.9 Å². The third kappa shape index (κ3) is 4.71. The summed E-state index contributed by atoms with van der Waals surface area (Å²) in [5.41, 5.74) is 1.72. The number of urea groups is 1. The van der Waals surface area contributed by atoms with Gasteiger partial charge in [-0.25, -0.2) is 14.2 Å². The summed E-state index contributed by atoms with van der Waals surface area (Å²) in [5, 5.41) is 6.34. The number of nitrogens with zero attached hydrogens (tertiary/aromatic N) is 2. The fourth-order valence-electron chi connectivity index (χ4n) is 3.38. The summed E-state index contributed by atoms with van der Waals surface area (Å²) in [6, 6.07) is 13.6. The first-order valence-electron chi connectivity index (χ1n) is 9.52. The highest BCUT2D eigenvalue weighted by atomic mass is 32.1. The van der Waals surface area contributed by atoms with E-state index < -0.39 is 0 Å². The number of thiazole rings is 1. The largest absolute Gasteiger partial charge is 0.352 e. The summed E-state index contributed by atoms with van der Waals surface area (Å²) in [6.07, 6.45) is 1.23. The number of hydrogen-bond acceptors (Lipinski definition) is 4. The number of hydrogen-bond donors (Lipinski definition) is 2. The van der Waals surface area contributed by atoms with Gasteiger partial charge in [0.05, 0.1) is 10.2 Å². The number of aromatic nitrogens is 1. The van der Waals surface area contributed by atoms with Crippen molar-refractivity contribution >= 4 is 38.6 Å². The van der Waals surface area contributed by atoms with E-state index in [-0.39, 0.29) is 23.7 Å². The molecule has 150 valence electrons. The van der Waals surface area contributed by atoms with E-state index in [9.17, 15) is 14.0 Å². The van der Waals surface area contributed by atoms with E-state index in [1.54, 1.807) is 17.0 Å². The van der Waals surface area contributed by atoms with E-state index in [4.69, 9.17) is 0 Å². The molecule has 29 heavy (non-hydrogen) atoms. The maximum Gasteiger partial charge on any atom is 0.323 e. The number of piperidine rings is 1. The molecule has 0 atom stereocenters. The Morgan fingerprint density at radius 3 is 2.55 bits per heavy atom. The van der Waals surface area contributed by atoms with Crippen LogP contribution < -0.4 is 10.6 Å². The maximum atomic E-state index is 12.9. The Labute approximate surface area is 171 Å². The zero-order valence-electron chi connectivity index (χ0n) is 15.7. The highest BCUT2D eigenvalue weighted by Crippen LogP contribution is 2.26. The Morgan fingerprint density at radius 1 is 1.10 bits per heavy atom. The van der Waals surface area contributed by atoms with E-state index in [2.05, 4.69) is 15.6 Å². The normalized spacial score (nSPS) is 14.7. The molecule has 2 N–H and O–H groups in total. The van der Waals surface area contributed by atoms with Gasteiger partial charge >= 0.3 is 6.03 Å². The van der Waals surface area contributed by atoms with Gasteiger partial charge in [0, 0.05) is 25.6 Å². The van der Waals surface area contributed by atoms with Crippen LogP contribution in [-0.2, 0) is 11.3 Å². The quantitative estimate of drug-likeness (QED) is 0.680. The molecule has 6 nitrogen and oxygen atoms in total. The average Bonchev–Trinajstić information content (AvgIpc) is 3.15. The van der Waals surface area contributed by atoms with E-state index in [1.165, 1.54) is 23.5 Å². The van der Waals surface area contributed by atoms with Crippen molar-refractivity contribution in [1.29, 1.82) is 0 Å². The molecular weight excluding hydrogens is 391 g/mol. The molecule has 0 aliphatic carbocycles. The maximum absolute atomic E-state index is 12.9. The predicted octanol–water partition coefficient (Wildman–Crippen LogP) is 4.00. The molecule has 2 heterocycles. The minimum absolute atomic E-state index is 0.0273. The van der Waals surface area contributed by atoms with Crippen LogP contribution in [0.15, 0.2) is 48.5 Å². The van der Waals surface area contributed by atoms with Gasteiger partial charge in [0.25, 0.3) is 0 Å². The molecule has 0 radical (unpaired) electrons. The summed E-state index contributed by atoms with van der Waals surface area (Å²) < 4.78 is 14.0. The van der Waals surface area contributed by atoms with E-state index in [0.29, 0.717) is 37.6 Å². The molecule has 0 bridgehead atoms. The Balaban J connectivity index is 1.25. The van der Waals surface area contributed by atoms with Gasteiger partial charge in [0.15, 0.2) is 5.13 Å². The monoisotopic (exact) mass is 412 g/mol. The third-order valence-corrected chi connectivity index (χ3v) is 5.99. The first-order valence-corrected chi connectivity index (χ1v) is 10.3. The number of rotatable bonds is 4. The van der Waals surface area contributed by atoms with Crippen molar-refractivity contribution in [3.63, 3.8) is 0 Å². The third-order valence-electron chi connectivity index (χ3n) is 5.04. The highest BCUT2D eigenvalue weighted by Gasteiger charge is 2.27. The van der Waals surface area contributed by atoms with Gasteiger partial charge in [-0.05, 0) is 42.7 Å². The van der Waals surface area contributed by atoms with E-state index in [0.717, 1.165) is 15.8 Å². The Morgan fingerprint density at radius 2 is 1.83 bits per heavy atom. The van der Waals surface area contributed by atoms with Gasteiger partial charge in [-0.15, -0.1) is 0 Å². The van der Waals surface area contributed by atoms with Crippen LogP contribution in [0, 0.1) is 11.7 Å². The van der Waals surface area contributed by atoms with Crippen molar-refractivity contribution in [2.45, 2.75) is 19.4 Å². The van der Waals surface area contributed by atoms with Crippen LogP contribution in [0.5, 0.6) is 0 Å². The summed E-state index contributed by atoms with van der Waals surface area (Å²) in [5.74, 6) is -0.445. The second-order valence-corrected chi connectivity index (χ2v) is 8.05. The smallest absolute Gasteiger partial charge is 0.323 e. The molecular formula is C21H21FN4O2S. The summed E-state index contributed by atoms with van der Waals surface area (Å²) in [6.45, 7) is 1.41. The SMILES string of the molecule is O=C(NCc1ccc(F)cc1)C1CCN(C(=O)Nc2nc3ccccc3s2)CC1. The highest BCUT2D eigenvalue weighted by molar-refractivity contribution is 7.22. The number of amides is 3. The molecule has 4 rings (SSSR count).